The predicted octanol–water partition coefficient (Wildman–Crippen LogP) is 5.69. The number of nitrogens with zero attached hydrogens (tertiary/aromatic N) is 2. The highest BCUT2D eigenvalue weighted by molar-refractivity contribution is 6.31. The van der Waals surface area contributed by atoms with E-state index in [1.807, 2.05) is 67.5 Å². The SMILES string of the molecule is Cc1cc(OC[C@]2(CC(=O)N(C)Cc3ccccc3)CCCN(Cc3ccc[nH]3)C2)ccc1Cl. The first-order chi connectivity index (χ1) is 16.4. The molecule has 3 aromatic rings. The number of carbonyl (C=O) groups excluding carboxylic acids is 1. The summed E-state index contributed by atoms with van der Waals surface area (Å²) >= 11 is 6.20. The molecule has 0 unspecified atom stereocenters. The summed E-state index contributed by atoms with van der Waals surface area (Å²) in [6, 6.07) is 20.0. The van der Waals surface area contributed by atoms with Crippen LogP contribution in [-0.4, -0.2) is 47.4 Å². The lowest BCUT2D eigenvalue weighted by molar-refractivity contribution is -0.135. The highest BCUT2D eigenvalue weighted by atomic mass is 35.5. The zero-order valence-electron chi connectivity index (χ0n) is 20.1. The molecule has 5 nitrogen and oxygen atoms in total. The third-order valence-corrected chi connectivity index (χ3v) is 7.11. The van der Waals surface area contributed by atoms with Crippen LogP contribution in [0.25, 0.3) is 0 Å². The Balaban J connectivity index is 1.48. The molecule has 1 aliphatic rings. The lowest BCUT2D eigenvalue weighted by atomic mass is 9.77. The summed E-state index contributed by atoms with van der Waals surface area (Å²) in [6.45, 7) is 5.78. The van der Waals surface area contributed by atoms with Crippen LogP contribution in [-0.2, 0) is 17.9 Å². The van der Waals surface area contributed by atoms with E-state index in [0.29, 0.717) is 19.6 Å². The molecular formula is C28H34ClN3O2. The van der Waals surface area contributed by atoms with Gasteiger partial charge in [0.1, 0.15) is 5.75 Å². The molecule has 4 rings (SSSR count). The normalized spacial score (nSPS) is 18.6. The minimum atomic E-state index is -0.250. The average Bonchev–Trinajstić information content (AvgIpc) is 3.34. The van der Waals surface area contributed by atoms with Gasteiger partial charge in [0.2, 0.25) is 5.91 Å². The number of H-pyrrole nitrogens is 1. The van der Waals surface area contributed by atoms with Gasteiger partial charge in [-0.25, -0.2) is 0 Å². The van der Waals surface area contributed by atoms with E-state index in [2.05, 4.69) is 28.1 Å². The zero-order chi connectivity index (χ0) is 24.0. The molecule has 0 saturated carbocycles. The minimum Gasteiger partial charge on any atom is -0.493 e. The van der Waals surface area contributed by atoms with Crippen LogP contribution in [0.1, 0.15) is 36.1 Å². The number of hydrogen-bond acceptors (Lipinski definition) is 3. The Morgan fingerprint density at radius 2 is 2.00 bits per heavy atom. The molecule has 1 N–H and O–H groups in total. The number of halogens is 1. The molecule has 6 heteroatoms. The van der Waals surface area contributed by atoms with Gasteiger partial charge in [-0.3, -0.25) is 9.69 Å². The van der Waals surface area contributed by atoms with E-state index in [0.717, 1.165) is 54.4 Å². The Morgan fingerprint density at radius 1 is 1.18 bits per heavy atom. The maximum Gasteiger partial charge on any atom is 0.223 e. The molecule has 2 aromatic carbocycles. The van der Waals surface area contributed by atoms with Gasteiger partial charge in [-0.05, 0) is 67.8 Å². The lowest BCUT2D eigenvalue weighted by Crippen LogP contribution is -2.48. The smallest absolute Gasteiger partial charge is 0.223 e. The van der Waals surface area contributed by atoms with Crippen molar-refractivity contribution in [2.75, 3.05) is 26.7 Å². The zero-order valence-corrected chi connectivity index (χ0v) is 20.9. The number of ether oxygens (including phenoxy) is 1. The van der Waals surface area contributed by atoms with E-state index >= 15 is 0 Å². The molecule has 1 amide bonds. The minimum absolute atomic E-state index is 0.154. The van der Waals surface area contributed by atoms with E-state index in [9.17, 15) is 4.79 Å². The van der Waals surface area contributed by atoms with E-state index < -0.39 is 0 Å². The van der Waals surface area contributed by atoms with Crippen LogP contribution in [0.5, 0.6) is 5.75 Å². The number of carbonyl (C=O) groups is 1. The maximum absolute atomic E-state index is 13.4. The molecule has 1 fully saturated rings. The monoisotopic (exact) mass is 479 g/mol. The fourth-order valence-electron chi connectivity index (χ4n) is 4.81. The molecule has 1 aliphatic heterocycles. The van der Waals surface area contributed by atoms with Crippen molar-refractivity contribution in [3.63, 3.8) is 0 Å². The number of nitrogens with one attached hydrogen (secondary N) is 1. The molecule has 2 heterocycles. The topological polar surface area (TPSA) is 48.6 Å². The molecular weight excluding hydrogens is 446 g/mol. The average molecular weight is 480 g/mol. The fourth-order valence-corrected chi connectivity index (χ4v) is 4.93. The largest absolute Gasteiger partial charge is 0.493 e. The Bertz CT molecular complexity index is 1070. The van der Waals surface area contributed by atoms with Gasteiger partial charge in [-0.15, -0.1) is 0 Å². The van der Waals surface area contributed by atoms with Crippen molar-refractivity contribution in [1.29, 1.82) is 0 Å². The molecule has 0 spiro atoms. The Morgan fingerprint density at radius 3 is 2.74 bits per heavy atom. The second kappa shape index (κ2) is 11.1. The molecule has 1 atom stereocenters. The molecule has 1 aromatic heterocycles. The summed E-state index contributed by atoms with van der Waals surface area (Å²) in [4.78, 5) is 21.0. The number of aromatic nitrogens is 1. The van der Waals surface area contributed by atoms with Gasteiger partial charge in [-0.1, -0.05) is 41.9 Å². The van der Waals surface area contributed by atoms with Crippen molar-refractivity contribution in [1.82, 2.24) is 14.8 Å². The highest BCUT2D eigenvalue weighted by Crippen LogP contribution is 2.36. The fraction of sp³-hybridized carbons (Fsp3) is 0.393. The third-order valence-electron chi connectivity index (χ3n) is 6.69. The molecule has 1 saturated heterocycles. The van der Waals surface area contributed by atoms with Crippen LogP contribution in [0, 0.1) is 12.3 Å². The first-order valence-corrected chi connectivity index (χ1v) is 12.3. The van der Waals surface area contributed by atoms with E-state index in [-0.39, 0.29) is 11.3 Å². The van der Waals surface area contributed by atoms with Crippen LogP contribution >= 0.6 is 11.6 Å². The summed E-state index contributed by atoms with van der Waals surface area (Å²) in [5, 5.41) is 0.731. The first kappa shape index (κ1) is 24.4. The van der Waals surface area contributed by atoms with Crippen LogP contribution < -0.4 is 4.74 Å². The van der Waals surface area contributed by atoms with Crippen molar-refractivity contribution in [2.24, 2.45) is 5.41 Å². The first-order valence-electron chi connectivity index (χ1n) is 11.9. The van der Waals surface area contributed by atoms with Crippen LogP contribution in [0.2, 0.25) is 5.02 Å². The van der Waals surface area contributed by atoms with Crippen molar-refractivity contribution >= 4 is 17.5 Å². The van der Waals surface area contributed by atoms with Crippen molar-refractivity contribution in [2.45, 2.75) is 39.3 Å². The summed E-state index contributed by atoms with van der Waals surface area (Å²) < 4.78 is 6.30. The Kier molecular flexibility index (Phi) is 7.96. The Hall–Kier alpha value is -2.76. The van der Waals surface area contributed by atoms with Gasteiger partial charge < -0.3 is 14.6 Å². The summed E-state index contributed by atoms with van der Waals surface area (Å²) in [5.74, 6) is 0.953. The maximum atomic E-state index is 13.4. The quantitative estimate of drug-likeness (QED) is 0.429. The number of likely N-dealkylation sites (tertiary alicyclic amines) is 1. The van der Waals surface area contributed by atoms with Crippen LogP contribution in [0.3, 0.4) is 0 Å². The molecule has 180 valence electrons. The Labute approximate surface area is 207 Å². The van der Waals surface area contributed by atoms with Gasteiger partial charge in [0.05, 0.1) is 6.61 Å². The second-order valence-electron chi connectivity index (χ2n) is 9.62. The van der Waals surface area contributed by atoms with Gasteiger partial charge in [-0.2, -0.15) is 0 Å². The summed E-state index contributed by atoms with van der Waals surface area (Å²) in [5.41, 5.74) is 3.07. The van der Waals surface area contributed by atoms with Crippen molar-refractivity contribution < 1.29 is 9.53 Å². The lowest BCUT2D eigenvalue weighted by Gasteiger charge is -2.42. The van der Waals surface area contributed by atoms with E-state index in [4.69, 9.17) is 16.3 Å². The highest BCUT2D eigenvalue weighted by Gasteiger charge is 2.39. The number of aromatic amines is 1. The second-order valence-corrected chi connectivity index (χ2v) is 10.0. The number of benzene rings is 2. The number of rotatable bonds is 9. The summed E-state index contributed by atoms with van der Waals surface area (Å²) in [6.07, 6.45) is 4.43. The molecule has 0 radical (unpaired) electrons. The summed E-state index contributed by atoms with van der Waals surface area (Å²) in [7, 11) is 1.89. The van der Waals surface area contributed by atoms with Crippen LogP contribution in [0.15, 0.2) is 66.9 Å². The predicted molar refractivity (Wildman–Crippen MR) is 137 cm³/mol. The number of aryl methyl sites for hydroxylation is 1. The molecule has 34 heavy (non-hydrogen) atoms. The van der Waals surface area contributed by atoms with Gasteiger partial charge in [0.15, 0.2) is 0 Å². The van der Waals surface area contributed by atoms with E-state index in [1.165, 1.54) is 5.69 Å². The van der Waals surface area contributed by atoms with Crippen molar-refractivity contribution in [3.05, 3.63) is 88.7 Å². The van der Waals surface area contributed by atoms with Gasteiger partial charge in [0.25, 0.3) is 0 Å². The van der Waals surface area contributed by atoms with Crippen molar-refractivity contribution in [3.8, 4) is 5.75 Å². The number of hydrogen-bond donors (Lipinski definition) is 1. The van der Waals surface area contributed by atoms with E-state index in [1.54, 1.807) is 0 Å². The van der Waals surface area contributed by atoms with Gasteiger partial charge in [0, 0.05) is 55.4 Å². The number of amides is 1. The molecule has 0 aliphatic carbocycles. The third kappa shape index (κ3) is 6.43. The number of piperidine rings is 1. The van der Waals surface area contributed by atoms with Gasteiger partial charge >= 0.3 is 0 Å². The van der Waals surface area contributed by atoms with Crippen LogP contribution in [0.4, 0.5) is 0 Å². The molecule has 0 bridgehead atoms. The standard InChI is InChI=1S/C28H34ClN3O2/c1-22-16-25(11-12-26(22)29)34-21-28(13-7-15-32(20-28)19-24-10-6-14-30-24)17-27(33)31(2)18-23-8-4-3-5-9-23/h3-6,8-12,14,16,30H,7,13,15,17-21H2,1-2H3/t28-/m0/s1.